The van der Waals surface area contributed by atoms with Crippen LogP contribution in [-0.2, 0) is 11.2 Å². The van der Waals surface area contributed by atoms with E-state index in [0.29, 0.717) is 10.9 Å². The van der Waals surface area contributed by atoms with E-state index in [0.717, 1.165) is 11.1 Å². The molecule has 0 amide bonds. The number of carbonyl (C=O) groups is 1. The van der Waals surface area contributed by atoms with Gasteiger partial charge in [-0.15, -0.1) is 0 Å². The summed E-state index contributed by atoms with van der Waals surface area (Å²) in [5.41, 5.74) is 1.83. The van der Waals surface area contributed by atoms with E-state index in [2.05, 4.69) is 31.9 Å². The molecule has 1 aromatic carbocycles. The van der Waals surface area contributed by atoms with Crippen LogP contribution >= 0.6 is 31.9 Å². The third-order valence-corrected chi connectivity index (χ3v) is 3.80. The highest BCUT2D eigenvalue weighted by molar-refractivity contribution is 9.10. The van der Waals surface area contributed by atoms with E-state index in [-0.39, 0.29) is 16.4 Å². The fourth-order valence-electron chi connectivity index (χ4n) is 1.24. The van der Waals surface area contributed by atoms with E-state index in [1.165, 1.54) is 13.0 Å². The van der Waals surface area contributed by atoms with Crippen molar-refractivity contribution >= 4 is 37.6 Å². The number of carbonyl (C=O) groups excluding carboxylic acids is 1. The van der Waals surface area contributed by atoms with Gasteiger partial charge in [0.2, 0.25) is 0 Å². The Labute approximate surface area is 105 Å². The lowest BCUT2D eigenvalue weighted by molar-refractivity contribution is -0.116. The van der Waals surface area contributed by atoms with Crippen LogP contribution in [0.1, 0.15) is 18.1 Å². The second-order valence-electron chi connectivity index (χ2n) is 3.48. The highest BCUT2D eigenvalue weighted by Gasteiger charge is 2.13. The third-order valence-electron chi connectivity index (χ3n) is 2.22. The maximum atomic E-state index is 13.3. The van der Waals surface area contributed by atoms with E-state index in [1.54, 1.807) is 6.07 Å². The lowest BCUT2D eigenvalue weighted by atomic mass is 10.0. The SMILES string of the molecule is CC(=O)C(Br)Cc1cc(F)c(Br)cc1C. The molecule has 15 heavy (non-hydrogen) atoms. The number of alkyl halides is 1. The van der Waals surface area contributed by atoms with Crippen LogP contribution in [0.4, 0.5) is 4.39 Å². The number of benzene rings is 1. The molecule has 0 spiro atoms. The van der Waals surface area contributed by atoms with E-state index < -0.39 is 0 Å². The first kappa shape index (κ1) is 12.8. The summed E-state index contributed by atoms with van der Waals surface area (Å²) >= 11 is 6.39. The van der Waals surface area contributed by atoms with Crippen LogP contribution in [0.3, 0.4) is 0 Å². The van der Waals surface area contributed by atoms with Gasteiger partial charge in [0.25, 0.3) is 0 Å². The Kier molecular flexibility index (Phi) is 4.46. The summed E-state index contributed by atoms with van der Waals surface area (Å²) in [5, 5.41) is 0. The topological polar surface area (TPSA) is 17.1 Å². The van der Waals surface area contributed by atoms with Gasteiger partial charge in [0, 0.05) is 0 Å². The Morgan fingerprint density at radius 1 is 1.53 bits per heavy atom. The van der Waals surface area contributed by atoms with Gasteiger partial charge in [-0.05, 0) is 59.5 Å². The summed E-state index contributed by atoms with van der Waals surface area (Å²) in [5.74, 6) is -0.239. The number of aryl methyl sites for hydroxylation is 1. The maximum Gasteiger partial charge on any atom is 0.143 e. The monoisotopic (exact) mass is 336 g/mol. The molecule has 0 fully saturated rings. The van der Waals surface area contributed by atoms with Crippen molar-refractivity contribution < 1.29 is 9.18 Å². The average Bonchev–Trinajstić information content (AvgIpc) is 2.13. The predicted molar refractivity (Wildman–Crippen MR) is 65.9 cm³/mol. The van der Waals surface area contributed by atoms with Crippen LogP contribution in [0.25, 0.3) is 0 Å². The molecule has 0 radical (unpaired) electrons. The molecular weight excluding hydrogens is 327 g/mol. The van der Waals surface area contributed by atoms with Crippen molar-refractivity contribution in [2.24, 2.45) is 0 Å². The molecule has 0 bridgehead atoms. The van der Waals surface area contributed by atoms with Gasteiger partial charge in [0.1, 0.15) is 11.6 Å². The molecule has 1 nitrogen and oxygen atoms in total. The van der Waals surface area contributed by atoms with E-state index in [4.69, 9.17) is 0 Å². The van der Waals surface area contributed by atoms with E-state index in [1.807, 2.05) is 6.92 Å². The molecule has 1 aromatic rings. The Hall–Kier alpha value is -0.220. The largest absolute Gasteiger partial charge is 0.299 e. The molecule has 0 heterocycles. The second kappa shape index (κ2) is 5.21. The number of halogens is 3. The molecule has 4 heteroatoms. The fraction of sp³-hybridized carbons (Fsp3) is 0.364. The molecule has 0 N–H and O–H groups in total. The summed E-state index contributed by atoms with van der Waals surface area (Å²) in [6.45, 7) is 3.42. The summed E-state index contributed by atoms with van der Waals surface area (Å²) < 4.78 is 13.7. The lowest BCUT2D eigenvalue weighted by Gasteiger charge is -2.10. The molecule has 0 aliphatic heterocycles. The first-order chi connectivity index (χ1) is 6.91. The van der Waals surface area contributed by atoms with Crippen LogP contribution in [0.2, 0.25) is 0 Å². The molecule has 1 unspecified atom stereocenters. The maximum absolute atomic E-state index is 13.3. The number of Topliss-reactive ketones (excluding diaryl/α,β-unsaturated/α-hetero) is 1. The van der Waals surface area contributed by atoms with Crippen LogP contribution in [0, 0.1) is 12.7 Å². The summed E-state index contributed by atoms with van der Waals surface area (Å²) in [7, 11) is 0. The highest BCUT2D eigenvalue weighted by atomic mass is 79.9. The van der Waals surface area contributed by atoms with Gasteiger partial charge < -0.3 is 0 Å². The zero-order valence-electron chi connectivity index (χ0n) is 8.48. The van der Waals surface area contributed by atoms with Crippen molar-refractivity contribution in [2.45, 2.75) is 25.1 Å². The van der Waals surface area contributed by atoms with Crippen molar-refractivity contribution in [3.8, 4) is 0 Å². The average molecular weight is 338 g/mol. The molecule has 1 atom stereocenters. The minimum absolute atomic E-state index is 0.0535. The number of hydrogen-bond donors (Lipinski definition) is 0. The van der Waals surface area contributed by atoms with Gasteiger partial charge in [0.15, 0.2) is 0 Å². The Morgan fingerprint density at radius 2 is 2.13 bits per heavy atom. The smallest absolute Gasteiger partial charge is 0.143 e. The number of ketones is 1. The van der Waals surface area contributed by atoms with Gasteiger partial charge in [-0.2, -0.15) is 0 Å². The quantitative estimate of drug-likeness (QED) is 0.767. The van der Waals surface area contributed by atoms with Gasteiger partial charge in [0.05, 0.1) is 9.30 Å². The highest BCUT2D eigenvalue weighted by Crippen LogP contribution is 2.22. The normalized spacial score (nSPS) is 12.6. The molecule has 0 aromatic heterocycles. The number of hydrogen-bond acceptors (Lipinski definition) is 1. The van der Waals surface area contributed by atoms with E-state index in [9.17, 15) is 9.18 Å². The van der Waals surface area contributed by atoms with Gasteiger partial charge in [-0.25, -0.2) is 4.39 Å². The first-order valence-corrected chi connectivity index (χ1v) is 6.21. The lowest BCUT2D eigenvalue weighted by Crippen LogP contribution is -2.13. The molecular formula is C11H11Br2FO. The molecule has 1 rings (SSSR count). The minimum Gasteiger partial charge on any atom is -0.299 e. The number of rotatable bonds is 3. The Bertz CT molecular complexity index is 390. The molecule has 0 saturated carbocycles. The van der Waals surface area contributed by atoms with Crippen LogP contribution in [0.5, 0.6) is 0 Å². The zero-order chi connectivity index (χ0) is 11.6. The third kappa shape index (κ3) is 3.38. The molecule has 0 saturated heterocycles. The van der Waals surface area contributed by atoms with Gasteiger partial charge in [-0.1, -0.05) is 15.9 Å². The second-order valence-corrected chi connectivity index (χ2v) is 5.43. The van der Waals surface area contributed by atoms with Crippen LogP contribution in [-0.4, -0.2) is 10.6 Å². The Balaban J connectivity index is 2.95. The first-order valence-electron chi connectivity index (χ1n) is 4.51. The summed E-state index contributed by atoms with van der Waals surface area (Å²) in [6.07, 6.45) is 0.519. The molecule has 82 valence electrons. The summed E-state index contributed by atoms with van der Waals surface area (Å²) in [4.78, 5) is 10.8. The van der Waals surface area contributed by atoms with Gasteiger partial charge in [-0.3, -0.25) is 4.79 Å². The van der Waals surface area contributed by atoms with Crippen molar-refractivity contribution in [3.05, 3.63) is 33.5 Å². The van der Waals surface area contributed by atoms with Crippen molar-refractivity contribution in [3.63, 3.8) is 0 Å². The van der Waals surface area contributed by atoms with Crippen molar-refractivity contribution in [1.82, 2.24) is 0 Å². The van der Waals surface area contributed by atoms with Crippen molar-refractivity contribution in [2.75, 3.05) is 0 Å². The zero-order valence-corrected chi connectivity index (χ0v) is 11.7. The summed E-state index contributed by atoms with van der Waals surface area (Å²) in [6, 6.07) is 3.20. The van der Waals surface area contributed by atoms with Crippen LogP contribution < -0.4 is 0 Å². The van der Waals surface area contributed by atoms with Gasteiger partial charge >= 0.3 is 0 Å². The fourth-order valence-corrected chi connectivity index (χ4v) is 2.05. The van der Waals surface area contributed by atoms with Crippen LogP contribution in [0.15, 0.2) is 16.6 Å². The van der Waals surface area contributed by atoms with Crippen molar-refractivity contribution in [1.29, 1.82) is 0 Å². The van der Waals surface area contributed by atoms with E-state index >= 15 is 0 Å². The minimum atomic E-state index is -0.293. The predicted octanol–water partition coefficient (Wildman–Crippen LogP) is 3.79. The Morgan fingerprint density at radius 3 is 2.67 bits per heavy atom. The molecule has 0 aliphatic carbocycles. The molecule has 0 aliphatic rings. The standard InChI is InChI=1S/C11H11Br2FO/c1-6-3-10(13)11(14)5-8(6)4-9(12)7(2)15/h3,5,9H,4H2,1-2H3.